The average Bonchev–Trinajstić information content (AvgIpc) is 2.48. The van der Waals surface area contributed by atoms with E-state index in [4.69, 9.17) is 5.73 Å². The normalized spacial score (nSPS) is 16.9. The summed E-state index contributed by atoms with van der Waals surface area (Å²) in [5, 5.41) is 2.56. The van der Waals surface area contributed by atoms with Gasteiger partial charge in [-0.2, -0.15) is 4.31 Å². The van der Waals surface area contributed by atoms with Crippen LogP contribution in [-0.2, 0) is 14.8 Å². The van der Waals surface area contributed by atoms with Gasteiger partial charge in [0.15, 0.2) is 0 Å². The topological polar surface area (TPSA) is 92.5 Å². The van der Waals surface area contributed by atoms with E-state index in [1.165, 1.54) is 10.4 Å². The zero-order valence-corrected chi connectivity index (χ0v) is 12.0. The van der Waals surface area contributed by atoms with Gasteiger partial charge in [-0.05, 0) is 31.0 Å². The minimum Gasteiger partial charge on any atom is -0.325 e. The van der Waals surface area contributed by atoms with Gasteiger partial charge in [0.25, 0.3) is 0 Å². The van der Waals surface area contributed by atoms with E-state index in [0.29, 0.717) is 18.8 Å². The first-order chi connectivity index (χ1) is 9.54. The Morgan fingerprint density at radius 3 is 2.60 bits per heavy atom. The Bertz CT molecular complexity index is 580. The molecule has 1 aromatic carbocycles. The smallest absolute Gasteiger partial charge is 0.243 e. The summed E-state index contributed by atoms with van der Waals surface area (Å²) in [6.45, 7) is 0.979. The number of amides is 1. The van der Waals surface area contributed by atoms with Gasteiger partial charge in [-0.3, -0.25) is 4.79 Å². The highest BCUT2D eigenvalue weighted by atomic mass is 32.2. The third-order valence-electron chi connectivity index (χ3n) is 3.26. The van der Waals surface area contributed by atoms with Gasteiger partial charge in [0.1, 0.15) is 0 Å². The second-order valence-corrected chi connectivity index (χ2v) is 6.68. The summed E-state index contributed by atoms with van der Waals surface area (Å²) in [6, 6.07) is 6.27. The number of benzene rings is 1. The van der Waals surface area contributed by atoms with Gasteiger partial charge in [-0.25, -0.2) is 8.42 Å². The van der Waals surface area contributed by atoms with Gasteiger partial charge in [-0.1, -0.05) is 12.5 Å². The maximum atomic E-state index is 12.5. The zero-order valence-electron chi connectivity index (χ0n) is 11.2. The molecule has 1 heterocycles. The second kappa shape index (κ2) is 6.34. The van der Waals surface area contributed by atoms with E-state index in [1.807, 2.05) is 0 Å². The van der Waals surface area contributed by atoms with Crippen molar-refractivity contribution < 1.29 is 13.2 Å². The van der Waals surface area contributed by atoms with Crippen LogP contribution in [-0.4, -0.2) is 38.3 Å². The lowest BCUT2D eigenvalue weighted by Gasteiger charge is -2.26. The Labute approximate surface area is 119 Å². The summed E-state index contributed by atoms with van der Waals surface area (Å²) in [5.74, 6) is -0.350. The van der Waals surface area contributed by atoms with E-state index in [0.717, 1.165) is 19.3 Å². The van der Waals surface area contributed by atoms with Crippen LogP contribution in [0.25, 0.3) is 0 Å². The SMILES string of the molecule is NCC(=O)Nc1cccc(S(=O)(=O)N2CCCCC2)c1. The predicted molar refractivity (Wildman–Crippen MR) is 76.7 cm³/mol. The molecular formula is C13H19N3O3S. The first-order valence-corrected chi connectivity index (χ1v) is 8.08. The number of rotatable bonds is 4. The second-order valence-electron chi connectivity index (χ2n) is 4.74. The van der Waals surface area contributed by atoms with Gasteiger partial charge in [0.05, 0.1) is 11.4 Å². The van der Waals surface area contributed by atoms with Crippen LogP contribution in [0.15, 0.2) is 29.2 Å². The standard InChI is InChI=1S/C13H19N3O3S/c14-10-13(17)15-11-5-4-6-12(9-11)20(18,19)16-7-2-1-3-8-16/h4-6,9H,1-3,7-8,10,14H2,(H,15,17). The molecule has 0 atom stereocenters. The summed E-state index contributed by atoms with van der Waals surface area (Å²) in [4.78, 5) is 11.5. The summed E-state index contributed by atoms with van der Waals surface area (Å²) in [6.07, 6.45) is 2.85. The first kappa shape index (κ1) is 15.0. The monoisotopic (exact) mass is 297 g/mol. The molecule has 1 aliphatic rings. The summed E-state index contributed by atoms with van der Waals surface area (Å²) in [5.41, 5.74) is 5.67. The molecule has 0 radical (unpaired) electrons. The Morgan fingerprint density at radius 2 is 1.95 bits per heavy atom. The fraction of sp³-hybridized carbons (Fsp3) is 0.462. The zero-order chi connectivity index (χ0) is 14.6. The maximum Gasteiger partial charge on any atom is 0.243 e. The highest BCUT2D eigenvalue weighted by Crippen LogP contribution is 2.22. The van der Waals surface area contributed by atoms with Crippen LogP contribution in [0, 0.1) is 0 Å². The summed E-state index contributed by atoms with van der Waals surface area (Å²) in [7, 11) is -3.48. The van der Waals surface area contributed by atoms with Crippen molar-refractivity contribution in [1.82, 2.24) is 4.31 Å². The molecule has 1 saturated heterocycles. The molecule has 7 heteroatoms. The van der Waals surface area contributed by atoms with Crippen molar-refractivity contribution in [3.63, 3.8) is 0 Å². The van der Waals surface area contributed by atoms with Crippen LogP contribution in [0.2, 0.25) is 0 Å². The van der Waals surface area contributed by atoms with Crippen molar-refractivity contribution in [3.8, 4) is 0 Å². The predicted octanol–water partition coefficient (Wildman–Crippen LogP) is 0.758. The van der Waals surface area contributed by atoms with E-state index in [-0.39, 0.29) is 17.3 Å². The van der Waals surface area contributed by atoms with Crippen LogP contribution >= 0.6 is 0 Å². The number of carbonyl (C=O) groups excluding carboxylic acids is 1. The van der Waals surface area contributed by atoms with Crippen molar-refractivity contribution in [2.24, 2.45) is 5.73 Å². The van der Waals surface area contributed by atoms with Gasteiger partial charge >= 0.3 is 0 Å². The molecule has 0 unspecified atom stereocenters. The maximum absolute atomic E-state index is 12.5. The van der Waals surface area contributed by atoms with E-state index in [2.05, 4.69) is 5.32 Å². The number of hydrogen-bond acceptors (Lipinski definition) is 4. The Balaban J connectivity index is 2.23. The number of nitrogens with zero attached hydrogens (tertiary/aromatic N) is 1. The molecular weight excluding hydrogens is 278 g/mol. The van der Waals surface area contributed by atoms with Crippen molar-refractivity contribution >= 4 is 21.6 Å². The molecule has 1 aromatic rings. The largest absolute Gasteiger partial charge is 0.325 e. The highest BCUT2D eigenvalue weighted by molar-refractivity contribution is 7.89. The molecule has 110 valence electrons. The lowest BCUT2D eigenvalue weighted by Crippen LogP contribution is -2.35. The number of anilines is 1. The van der Waals surface area contributed by atoms with Crippen molar-refractivity contribution in [1.29, 1.82) is 0 Å². The first-order valence-electron chi connectivity index (χ1n) is 6.64. The van der Waals surface area contributed by atoms with Gasteiger partial charge < -0.3 is 11.1 Å². The third-order valence-corrected chi connectivity index (χ3v) is 5.15. The fourth-order valence-corrected chi connectivity index (χ4v) is 3.76. The molecule has 1 aliphatic heterocycles. The quantitative estimate of drug-likeness (QED) is 0.858. The third kappa shape index (κ3) is 3.36. The lowest BCUT2D eigenvalue weighted by atomic mass is 10.2. The average molecular weight is 297 g/mol. The van der Waals surface area contributed by atoms with E-state index in [9.17, 15) is 13.2 Å². The molecule has 2 rings (SSSR count). The summed E-state index contributed by atoms with van der Waals surface area (Å²) >= 11 is 0. The van der Waals surface area contributed by atoms with Crippen LogP contribution < -0.4 is 11.1 Å². The highest BCUT2D eigenvalue weighted by Gasteiger charge is 2.25. The van der Waals surface area contributed by atoms with Crippen molar-refractivity contribution in [2.45, 2.75) is 24.2 Å². The van der Waals surface area contributed by atoms with E-state index in [1.54, 1.807) is 18.2 Å². The van der Waals surface area contributed by atoms with Gasteiger partial charge in [0, 0.05) is 18.8 Å². The molecule has 0 bridgehead atoms. The van der Waals surface area contributed by atoms with Crippen LogP contribution in [0.1, 0.15) is 19.3 Å². The van der Waals surface area contributed by atoms with Crippen LogP contribution in [0.5, 0.6) is 0 Å². The number of piperidine rings is 1. The van der Waals surface area contributed by atoms with E-state index >= 15 is 0 Å². The van der Waals surface area contributed by atoms with Crippen molar-refractivity contribution in [3.05, 3.63) is 24.3 Å². The molecule has 6 nitrogen and oxygen atoms in total. The Kier molecular flexibility index (Phi) is 4.74. The van der Waals surface area contributed by atoms with Crippen molar-refractivity contribution in [2.75, 3.05) is 25.0 Å². The number of hydrogen-bond donors (Lipinski definition) is 2. The van der Waals surface area contributed by atoms with Gasteiger partial charge in [0.2, 0.25) is 15.9 Å². The van der Waals surface area contributed by atoms with Crippen LogP contribution in [0.4, 0.5) is 5.69 Å². The Morgan fingerprint density at radius 1 is 1.25 bits per heavy atom. The minimum atomic E-state index is -3.48. The molecule has 1 fully saturated rings. The van der Waals surface area contributed by atoms with E-state index < -0.39 is 10.0 Å². The van der Waals surface area contributed by atoms with Gasteiger partial charge in [-0.15, -0.1) is 0 Å². The molecule has 0 aliphatic carbocycles. The molecule has 0 saturated carbocycles. The number of carbonyl (C=O) groups is 1. The number of nitrogens with one attached hydrogen (secondary N) is 1. The number of sulfonamides is 1. The molecule has 3 N–H and O–H groups in total. The minimum absolute atomic E-state index is 0.136. The molecule has 1 amide bonds. The fourth-order valence-electron chi connectivity index (χ4n) is 2.20. The van der Waals surface area contributed by atoms with Crippen LogP contribution in [0.3, 0.4) is 0 Å². The number of nitrogens with two attached hydrogens (primary N) is 1. The molecule has 0 spiro atoms. The lowest BCUT2D eigenvalue weighted by molar-refractivity contribution is -0.114. The molecule has 0 aromatic heterocycles. The summed E-state index contributed by atoms with van der Waals surface area (Å²) < 4.78 is 26.5. The Hall–Kier alpha value is -1.44. The molecule has 20 heavy (non-hydrogen) atoms.